The van der Waals surface area contributed by atoms with Crippen molar-refractivity contribution in [2.24, 2.45) is 11.8 Å². The Balaban J connectivity index is 1.48. The number of aromatic amines is 1. The summed E-state index contributed by atoms with van der Waals surface area (Å²) in [6.45, 7) is 5.24. The second-order valence-corrected chi connectivity index (χ2v) is 13.2. The molecule has 2 atom stereocenters. The van der Waals surface area contributed by atoms with Crippen LogP contribution < -0.4 is 5.32 Å². The molecule has 2 heterocycles. The highest BCUT2D eigenvalue weighted by molar-refractivity contribution is 6.65. The van der Waals surface area contributed by atoms with E-state index in [0.29, 0.717) is 6.42 Å². The van der Waals surface area contributed by atoms with Gasteiger partial charge in [0.2, 0.25) is 5.91 Å². The molecule has 1 aliphatic heterocycles. The average molecular weight is 536 g/mol. The largest absolute Gasteiger partial charge is 0.410 e. The van der Waals surface area contributed by atoms with Gasteiger partial charge in [0.25, 0.3) is 11.8 Å². The number of H-pyrrole nitrogens is 1. The summed E-state index contributed by atoms with van der Waals surface area (Å²) in [5, 5.41) is 3.79. The molecule has 0 radical (unpaired) electrons. The number of Topliss-reactive ketones (excluding diaryl/α,β-unsaturated/α-hetero) is 1. The van der Waals surface area contributed by atoms with E-state index >= 15 is 0 Å². The molecule has 0 fully saturated rings. The van der Waals surface area contributed by atoms with Crippen molar-refractivity contribution in [3.05, 3.63) is 71.4 Å². The number of para-hydroxylation sites is 1. The summed E-state index contributed by atoms with van der Waals surface area (Å²) in [5.74, 6) is -2.58. The predicted molar refractivity (Wildman–Crippen MR) is 144 cm³/mol. The zero-order chi connectivity index (χ0) is 27.6. The van der Waals surface area contributed by atoms with Gasteiger partial charge in [-0.15, -0.1) is 0 Å². The van der Waals surface area contributed by atoms with Gasteiger partial charge in [-0.3, -0.25) is 24.1 Å². The van der Waals surface area contributed by atoms with Crippen molar-refractivity contribution in [3.63, 3.8) is 0 Å². The SMILES string of the molecule is CC(=O)C(Cc1c[nH]c2ccccc12)NC(=O)C(CC(C)C)C[Si](O)(O)CN1C(=O)c2ccccc2C1=O. The van der Waals surface area contributed by atoms with E-state index in [0.717, 1.165) is 21.4 Å². The van der Waals surface area contributed by atoms with E-state index in [1.807, 2.05) is 44.3 Å². The monoisotopic (exact) mass is 535 g/mol. The second kappa shape index (κ2) is 11.0. The maximum absolute atomic E-state index is 13.4. The lowest BCUT2D eigenvalue weighted by atomic mass is 9.96. The normalized spacial score (nSPS) is 15.2. The van der Waals surface area contributed by atoms with Crippen LogP contribution in [0.1, 0.15) is 53.5 Å². The van der Waals surface area contributed by atoms with Crippen LogP contribution in [0.15, 0.2) is 54.7 Å². The van der Waals surface area contributed by atoms with Crippen LogP contribution in [0, 0.1) is 11.8 Å². The molecule has 0 bridgehead atoms. The van der Waals surface area contributed by atoms with Gasteiger partial charge in [-0.1, -0.05) is 44.2 Å². The van der Waals surface area contributed by atoms with Crippen molar-refractivity contribution in [2.75, 3.05) is 6.17 Å². The Kier molecular flexibility index (Phi) is 7.96. The fourth-order valence-electron chi connectivity index (χ4n) is 5.05. The average Bonchev–Trinajstić information content (AvgIpc) is 3.37. The molecule has 200 valence electrons. The van der Waals surface area contributed by atoms with Crippen LogP contribution in [0.2, 0.25) is 6.04 Å². The van der Waals surface area contributed by atoms with Crippen LogP contribution in [-0.4, -0.2) is 63.8 Å². The summed E-state index contributed by atoms with van der Waals surface area (Å²) in [6, 6.07) is 12.9. The Morgan fingerprint density at radius 3 is 2.21 bits per heavy atom. The number of nitrogens with one attached hydrogen (secondary N) is 2. The molecule has 0 saturated heterocycles. The van der Waals surface area contributed by atoms with Crippen molar-refractivity contribution >= 4 is 43.0 Å². The first-order valence-corrected chi connectivity index (χ1v) is 15.0. The minimum absolute atomic E-state index is 0.0549. The lowest BCUT2D eigenvalue weighted by Crippen LogP contribution is -2.53. The summed E-state index contributed by atoms with van der Waals surface area (Å²) in [7, 11) is -4.23. The number of benzene rings is 2. The van der Waals surface area contributed by atoms with Gasteiger partial charge in [0, 0.05) is 35.5 Å². The third-order valence-electron chi connectivity index (χ3n) is 6.90. The van der Waals surface area contributed by atoms with Gasteiger partial charge in [-0.25, -0.2) is 0 Å². The van der Waals surface area contributed by atoms with Crippen LogP contribution in [0.5, 0.6) is 0 Å². The Morgan fingerprint density at radius 2 is 1.61 bits per heavy atom. The number of ketones is 1. The van der Waals surface area contributed by atoms with Crippen molar-refractivity contribution in [1.82, 2.24) is 15.2 Å². The van der Waals surface area contributed by atoms with E-state index in [4.69, 9.17) is 0 Å². The first-order chi connectivity index (χ1) is 18.0. The molecule has 4 rings (SSSR count). The fraction of sp³-hybridized carbons (Fsp3) is 0.357. The van der Waals surface area contributed by atoms with E-state index in [9.17, 15) is 28.8 Å². The number of rotatable bonds is 11. The number of nitrogens with zero attached hydrogens (tertiary/aromatic N) is 1. The fourth-order valence-corrected chi connectivity index (χ4v) is 7.12. The predicted octanol–water partition coefficient (Wildman–Crippen LogP) is 2.71. The van der Waals surface area contributed by atoms with E-state index in [-0.39, 0.29) is 35.3 Å². The van der Waals surface area contributed by atoms with Gasteiger partial charge in [-0.2, -0.15) is 0 Å². The van der Waals surface area contributed by atoms with Gasteiger partial charge >= 0.3 is 8.56 Å². The molecule has 0 aliphatic carbocycles. The maximum Gasteiger partial charge on any atom is 0.354 e. The van der Waals surface area contributed by atoms with E-state index in [2.05, 4.69) is 10.3 Å². The number of fused-ring (bicyclic) bond motifs is 2. The molecule has 38 heavy (non-hydrogen) atoms. The molecule has 2 unspecified atom stereocenters. The molecular formula is C28H33N3O6Si. The number of amides is 3. The number of imide groups is 1. The summed E-state index contributed by atoms with van der Waals surface area (Å²) in [4.78, 5) is 77.3. The topological polar surface area (TPSA) is 140 Å². The van der Waals surface area contributed by atoms with Crippen molar-refractivity contribution in [3.8, 4) is 0 Å². The molecule has 3 aromatic rings. The minimum atomic E-state index is -4.23. The Bertz CT molecular complexity index is 1350. The van der Waals surface area contributed by atoms with Crippen LogP contribution in [0.3, 0.4) is 0 Å². The number of aromatic nitrogens is 1. The summed E-state index contributed by atoms with van der Waals surface area (Å²) in [5.41, 5.74) is 2.26. The van der Waals surface area contributed by atoms with Crippen LogP contribution in [0.4, 0.5) is 0 Å². The number of hydrogen-bond donors (Lipinski definition) is 4. The molecule has 3 amide bonds. The maximum atomic E-state index is 13.4. The zero-order valence-corrected chi connectivity index (χ0v) is 22.7. The molecule has 1 aliphatic rings. The first-order valence-electron chi connectivity index (χ1n) is 12.7. The molecule has 0 spiro atoms. The molecule has 9 nitrogen and oxygen atoms in total. The third-order valence-corrected chi connectivity index (χ3v) is 8.87. The minimum Gasteiger partial charge on any atom is -0.410 e. The summed E-state index contributed by atoms with van der Waals surface area (Å²) in [6.07, 6.45) is 1.92. The Morgan fingerprint density at radius 1 is 1.00 bits per heavy atom. The number of hydrogen-bond acceptors (Lipinski definition) is 6. The molecule has 4 N–H and O–H groups in total. The quantitative estimate of drug-likeness (QED) is 0.220. The Hall–Kier alpha value is -3.60. The summed E-state index contributed by atoms with van der Waals surface area (Å²) >= 11 is 0. The highest BCUT2D eigenvalue weighted by atomic mass is 28.4. The lowest BCUT2D eigenvalue weighted by molar-refractivity contribution is -0.129. The van der Waals surface area contributed by atoms with Crippen LogP contribution in [-0.2, 0) is 16.0 Å². The molecule has 1 aromatic heterocycles. The van der Waals surface area contributed by atoms with E-state index in [1.54, 1.807) is 12.1 Å². The highest BCUT2D eigenvalue weighted by Gasteiger charge is 2.44. The molecule has 2 aromatic carbocycles. The van der Waals surface area contributed by atoms with Gasteiger partial charge in [0.05, 0.1) is 23.3 Å². The van der Waals surface area contributed by atoms with Gasteiger partial charge in [-0.05, 0) is 43.0 Å². The second-order valence-electron chi connectivity index (χ2n) is 10.5. The Labute approximate surface area is 222 Å². The van der Waals surface area contributed by atoms with Crippen LogP contribution >= 0.6 is 0 Å². The van der Waals surface area contributed by atoms with Gasteiger partial charge < -0.3 is 19.9 Å². The lowest BCUT2D eigenvalue weighted by Gasteiger charge is -2.28. The first kappa shape index (κ1) is 27.4. The molecular weight excluding hydrogens is 502 g/mol. The van der Waals surface area contributed by atoms with Crippen LogP contribution in [0.25, 0.3) is 10.9 Å². The van der Waals surface area contributed by atoms with E-state index in [1.165, 1.54) is 19.1 Å². The van der Waals surface area contributed by atoms with Crippen molar-refractivity contribution in [2.45, 2.75) is 45.7 Å². The smallest absolute Gasteiger partial charge is 0.354 e. The van der Waals surface area contributed by atoms with Gasteiger partial charge in [0.1, 0.15) is 0 Å². The number of carbonyl (C=O) groups is 4. The van der Waals surface area contributed by atoms with Crippen molar-refractivity contribution < 1.29 is 28.8 Å². The standard InChI is InChI=1S/C28H33N3O6Si/c1-17(2)12-20(15-38(36,37)16-31-27(34)22-9-4-5-10-23(22)28(31)35)26(33)30-25(18(3)32)13-19-14-29-24-11-7-6-8-21(19)24/h4-11,14,17,20,25,29,36-37H,12-13,15-16H2,1-3H3,(H,30,33). The van der Waals surface area contributed by atoms with Gasteiger partial charge in [0.15, 0.2) is 5.78 Å². The number of carbonyl (C=O) groups excluding carboxylic acids is 4. The zero-order valence-electron chi connectivity index (χ0n) is 21.7. The highest BCUT2D eigenvalue weighted by Crippen LogP contribution is 2.27. The summed E-state index contributed by atoms with van der Waals surface area (Å²) < 4.78 is 0. The van der Waals surface area contributed by atoms with E-state index < -0.39 is 44.4 Å². The van der Waals surface area contributed by atoms with Crippen molar-refractivity contribution in [1.29, 1.82) is 0 Å². The molecule has 0 saturated carbocycles. The third kappa shape index (κ3) is 5.93. The molecule has 10 heteroatoms.